The summed E-state index contributed by atoms with van der Waals surface area (Å²) in [6.45, 7) is 0.641. The highest BCUT2D eigenvalue weighted by atomic mass is 32.1. The van der Waals surface area contributed by atoms with Crippen LogP contribution in [-0.2, 0) is 6.18 Å². The van der Waals surface area contributed by atoms with Crippen LogP contribution in [0.5, 0.6) is 0 Å². The van der Waals surface area contributed by atoms with Crippen molar-refractivity contribution in [3.63, 3.8) is 0 Å². The Labute approximate surface area is 108 Å². The monoisotopic (exact) mass is 279 g/mol. The molecule has 1 saturated carbocycles. The van der Waals surface area contributed by atoms with Crippen molar-refractivity contribution >= 4 is 16.5 Å². The van der Waals surface area contributed by atoms with Gasteiger partial charge in [-0.2, -0.15) is 13.2 Å². The summed E-state index contributed by atoms with van der Waals surface area (Å²) in [6.07, 6.45) is -1.00. The lowest BCUT2D eigenvalue weighted by atomic mass is 10.1. The molecule has 1 atom stereocenters. The second-order valence-corrected chi connectivity index (χ2v) is 5.81. The zero-order chi connectivity index (χ0) is 13.3. The second kappa shape index (κ2) is 5.05. The first kappa shape index (κ1) is 13.6. The van der Waals surface area contributed by atoms with Gasteiger partial charge in [0.1, 0.15) is 4.88 Å². The average Bonchev–Trinajstić information content (AvgIpc) is 2.94. The van der Waals surface area contributed by atoms with Crippen LogP contribution in [0.3, 0.4) is 0 Å². The highest BCUT2D eigenvalue weighted by molar-refractivity contribution is 7.15. The number of halogens is 3. The lowest BCUT2D eigenvalue weighted by molar-refractivity contribution is -0.134. The van der Waals surface area contributed by atoms with Crippen LogP contribution >= 0.6 is 11.3 Å². The van der Waals surface area contributed by atoms with E-state index in [0.717, 1.165) is 6.20 Å². The first-order chi connectivity index (χ1) is 8.38. The van der Waals surface area contributed by atoms with E-state index in [4.69, 9.17) is 0 Å². The number of hydrogen-bond donors (Lipinski definition) is 1. The fraction of sp³-hybridized carbons (Fsp3) is 0.727. The van der Waals surface area contributed by atoms with E-state index in [1.54, 1.807) is 0 Å². The Balaban J connectivity index is 1.91. The predicted molar refractivity (Wildman–Crippen MR) is 65.8 cm³/mol. The highest BCUT2D eigenvalue weighted by Gasteiger charge is 2.34. The van der Waals surface area contributed by atoms with Crippen LogP contribution in [0.2, 0.25) is 0 Å². The van der Waals surface area contributed by atoms with Crippen LogP contribution in [0.25, 0.3) is 0 Å². The molecule has 0 amide bonds. The molecule has 0 saturated heterocycles. The van der Waals surface area contributed by atoms with Crippen LogP contribution in [0.4, 0.5) is 18.3 Å². The zero-order valence-corrected chi connectivity index (χ0v) is 11.1. The number of rotatable bonds is 5. The van der Waals surface area contributed by atoms with E-state index in [1.165, 1.54) is 12.8 Å². The van der Waals surface area contributed by atoms with Crippen LogP contribution in [0.15, 0.2) is 6.20 Å². The molecule has 3 nitrogen and oxygen atoms in total. The van der Waals surface area contributed by atoms with E-state index in [9.17, 15) is 13.2 Å². The SMILES string of the molecule is CN(C)C(CNc1ncc(C(F)(F)F)s1)C1CC1. The third kappa shape index (κ3) is 3.35. The maximum atomic E-state index is 12.4. The molecule has 0 spiro atoms. The normalized spacial score (nSPS) is 18.1. The van der Waals surface area contributed by atoms with Crippen molar-refractivity contribution in [3.05, 3.63) is 11.1 Å². The Bertz CT molecular complexity index is 396. The molecular formula is C11H16F3N3S. The quantitative estimate of drug-likeness (QED) is 0.898. The van der Waals surface area contributed by atoms with E-state index in [-0.39, 0.29) is 0 Å². The number of aromatic nitrogens is 1. The number of nitrogens with zero attached hydrogens (tertiary/aromatic N) is 2. The van der Waals surface area contributed by atoms with Gasteiger partial charge in [0.25, 0.3) is 0 Å². The number of alkyl halides is 3. The standard InChI is InChI=1S/C11H16F3N3S/c1-17(2)8(7-3-4-7)5-15-10-16-6-9(18-10)11(12,13)14/h6-8H,3-5H2,1-2H3,(H,15,16). The minimum absolute atomic E-state index is 0.342. The Kier molecular flexibility index (Phi) is 3.82. The summed E-state index contributed by atoms with van der Waals surface area (Å²) in [6, 6.07) is 0.364. The summed E-state index contributed by atoms with van der Waals surface area (Å²) >= 11 is 0.660. The van der Waals surface area contributed by atoms with Gasteiger partial charge in [0.05, 0.1) is 6.20 Å². The molecular weight excluding hydrogens is 263 g/mol. The molecule has 1 heterocycles. The molecule has 102 valence electrons. The molecule has 0 bridgehead atoms. The Hall–Kier alpha value is -0.820. The largest absolute Gasteiger partial charge is 0.427 e. The summed E-state index contributed by atoms with van der Waals surface area (Å²) in [5, 5.41) is 3.35. The predicted octanol–water partition coefficient (Wildman–Crippen LogP) is 2.91. The average molecular weight is 279 g/mol. The van der Waals surface area contributed by atoms with Crippen molar-refractivity contribution in [1.29, 1.82) is 0 Å². The van der Waals surface area contributed by atoms with Gasteiger partial charge >= 0.3 is 6.18 Å². The summed E-state index contributed by atoms with van der Waals surface area (Å²) in [7, 11) is 3.99. The first-order valence-electron chi connectivity index (χ1n) is 5.81. The van der Waals surface area contributed by atoms with Gasteiger partial charge in [0.15, 0.2) is 5.13 Å². The van der Waals surface area contributed by atoms with Crippen molar-refractivity contribution in [2.45, 2.75) is 25.1 Å². The molecule has 0 aromatic carbocycles. The van der Waals surface area contributed by atoms with Gasteiger partial charge in [0, 0.05) is 12.6 Å². The molecule has 7 heteroatoms. The van der Waals surface area contributed by atoms with E-state index >= 15 is 0 Å². The zero-order valence-electron chi connectivity index (χ0n) is 10.3. The summed E-state index contributed by atoms with van der Waals surface area (Å²) in [5.74, 6) is 0.662. The topological polar surface area (TPSA) is 28.2 Å². The third-order valence-electron chi connectivity index (χ3n) is 3.08. The van der Waals surface area contributed by atoms with Gasteiger partial charge in [-0.1, -0.05) is 11.3 Å². The van der Waals surface area contributed by atoms with Gasteiger partial charge in [0.2, 0.25) is 0 Å². The van der Waals surface area contributed by atoms with Gasteiger partial charge in [-0.05, 0) is 32.9 Å². The lowest BCUT2D eigenvalue weighted by Crippen LogP contribution is -2.36. The summed E-state index contributed by atoms with van der Waals surface area (Å²) in [5.41, 5.74) is 0. The van der Waals surface area contributed by atoms with E-state index in [0.29, 0.717) is 35.0 Å². The molecule has 1 N–H and O–H groups in total. The molecule has 1 fully saturated rings. The lowest BCUT2D eigenvalue weighted by Gasteiger charge is -2.24. The van der Waals surface area contributed by atoms with E-state index < -0.39 is 11.1 Å². The number of nitrogens with one attached hydrogen (secondary N) is 1. The molecule has 1 aliphatic rings. The van der Waals surface area contributed by atoms with Crippen molar-refractivity contribution < 1.29 is 13.2 Å². The van der Waals surface area contributed by atoms with Crippen LogP contribution < -0.4 is 5.32 Å². The number of hydrogen-bond acceptors (Lipinski definition) is 4. The minimum atomic E-state index is -4.30. The van der Waals surface area contributed by atoms with E-state index in [1.807, 2.05) is 14.1 Å². The molecule has 18 heavy (non-hydrogen) atoms. The Morgan fingerprint density at radius 3 is 2.61 bits per heavy atom. The Morgan fingerprint density at radius 1 is 1.50 bits per heavy atom. The van der Waals surface area contributed by atoms with Crippen LogP contribution in [-0.4, -0.2) is 36.6 Å². The number of likely N-dealkylation sites (N-methyl/N-ethyl adjacent to an activating group) is 1. The molecule has 1 aliphatic carbocycles. The smallest absolute Gasteiger partial charge is 0.360 e. The van der Waals surface area contributed by atoms with E-state index in [2.05, 4.69) is 15.2 Å². The van der Waals surface area contributed by atoms with Crippen LogP contribution in [0.1, 0.15) is 17.7 Å². The third-order valence-corrected chi connectivity index (χ3v) is 4.08. The maximum Gasteiger partial charge on any atom is 0.427 e. The fourth-order valence-electron chi connectivity index (χ4n) is 1.93. The van der Waals surface area contributed by atoms with Gasteiger partial charge in [-0.25, -0.2) is 4.98 Å². The summed E-state index contributed by atoms with van der Waals surface area (Å²) in [4.78, 5) is 5.22. The molecule has 2 rings (SSSR count). The van der Waals surface area contributed by atoms with Gasteiger partial charge < -0.3 is 10.2 Å². The van der Waals surface area contributed by atoms with Crippen LogP contribution in [0, 0.1) is 5.92 Å². The van der Waals surface area contributed by atoms with Crippen molar-refractivity contribution in [3.8, 4) is 0 Å². The highest BCUT2D eigenvalue weighted by Crippen LogP contribution is 2.36. The molecule has 0 aliphatic heterocycles. The fourth-order valence-corrected chi connectivity index (χ4v) is 2.62. The van der Waals surface area contributed by atoms with Crippen molar-refractivity contribution in [2.75, 3.05) is 26.0 Å². The molecule has 0 radical (unpaired) electrons. The number of thiazole rings is 1. The maximum absolute atomic E-state index is 12.4. The van der Waals surface area contributed by atoms with Crippen molar-refractivity contribution in [1.82, 2.24) is 9.88 Å². The molecule has 1 unspecified atom stereocenters. The van der Waals surface area contributed by atoms with Crippen molar-refractivity contribution in [2.24, 2.45) is 5.92 Å². The Morgan fingerprint density at radius 2 is 2.17 bits per heavy atom. The first-order valence-corrected chi connectivity index (χ1v) is 6.63. The minimum Gasteiger partial charge on any atom is -0.360 e. The second-order valence-electron chi connectivity index (χ2n) is 4.78. The molecule has 1 aromatic rings. The van der Waals surface area contributed by atoms with Gasteiger partial charge in [-0.3, -0.25) is 0 Å². The van der Waals surface area contributed by atoms with Gasteiger partial charge in [-0.15, -0.1) is 0 Å². The number of anilines is 1. The molecule has 1 aromatic heterocycles. The summed E-state index contributed by atoms with van der Waals surface area (Å²) < 4.78 is 37.2.